The Labute approximate surface area is 106 Å². The van der Waals surface area contributed by atoms with Gasteiger partial charge in [0, 0.05) is 0 Å². The SMILES string of the molecule is CC=C([C@@H]1C[C@H]2CC[C@@H]1C2)[C@@H]1C[C@H]2CC[C@@H]1C2. The molecule has 0 aromatic rings. The largest absolute Gasteiger partial charge is 0.0879 e. The minimum Gasteiger partial charge on any atom is -0.0879 e. The molecule has 0 unspecified atom stereocenters. The molecule has 0 radical (unpaired) electrons. The van der Waals surface area contributed by atoms with Crippen LogP contribution in [0.1, 0.15) is 58.3 Å². The Morgan fingerprint density at radius 3 is 1.59 bits per heavy atom. The summed E-state index contributed by atoms with van der Waals surface area (Å²) in [6.45, 7) is 2.33. The van der Waals surface area contributed by atoms with Gasteiger partial charge in [-0.25, -0.2) is 0 Å². The summed E-state index contributed by atoms with van der Waals surface area (Å²) in [5.74, 6) is 6.43. The maximum absolute atomic E-state index is 2.54. The van der Waals surface area contributed by atoms with Gasteiger partial charge < -0.3 is 0 Å². The van der Waals surface area contributed by atoms with Crippen molar-refractivity contribution in [2.24, 2.45) is 35.5 Å². The van der Waals surface area contributed by atoms with Gasteiger partial charge in [-0.05, 0) is 81.0 Å². The van der Waals surface area contributed by atoms with Crippen molar-refractivity contribution in [1.82, 2.24) is 0 Å². The molecular formula is C17H26. The lowest BCUT2D eigenvalue weighted by Crippen LogP contribution is -2.22. The van der Waals surface area contributed by atoms with Gasteiger partial charge in [0.2, 0.25) is 0 Å². The van der Waals surface area contributed by atoms with E-state index in [1.165, 1.54) is 0 Å². The predicted octanol–water partition coefficient (Wildman–Crippen LogP) is 4.81. The highest BCUT2D eigenvalue weighted by Crippen LogP contribution is 2.58. The number of fused-ring (bicyclic) bond motifs is 4. The second kappa shape index (κ2) is 3.87. The molecule has 0 saturated heterocycles. The first-order valence-electron chi connectivity index (χ1n) is 8.01. The van der Waals surface area contributed by atoms with Crippen LogP contribution in [0.25, 0.3) is 0 Å². The van der Waals surface area contributed by atoms with Gasteiger partial charge in [0.15, 0.2) is 0 Å². The maximum Gasteiger partial charge on any atom is -0.0169 e. The van der Waals surface area contributed by atoms with Gasteiger partial charge >= 0.3 is 0 Å². The third-order valence-electron chi connectivity index (χ3n) is 6.67. The highest BCUT2D eigenvalue weighted by atomic mass is 14.5. The molecule has 4 aliphatic carbocycles. The van der Waals surface area contributed by atoms with Gasteiger partial charge in [-0.1, -0.05) is 24.5 Å². The zero-order valence-electron chi connectivity index (χ0n) is 11.2. The molecule has 0 spiro atoms. The van der Waals surface area contributed by atoms with Gasteiger partial charge in [-0.2, -0.15) is 0 Å². The lowest BCUT2D eigenvalue weighted by atomic mass is 9.72. The molecule has 0 heterocycles. The smallest absolute Gasteiger partial charge is 0.0169 e. The third kappa shape index (κ3) is 1.55. The van der Waals surface area contributed by atoms with Gasteiger partial charge in [-0.15, -0.1) is 0 Å². The van der Waals surface area contributed by atoms with E-state index in [0.717, 1.165) is 35.5 Å². The maximum atomic E-state index is 2.54. The van der Waals surface area contributed by atoms with Crippen LogP contribution in [0.5, 0.6) is 0 Å². The molecule has 17 heavy (non-hydrogen) atoms. The fourth-order valence-electron chi connectivity index (χ4n) is 6.01. The Balaban J connectivity index is 1.55. The lowest BCUT2D eigenvalue weighted by molar-refractivity contribution is 0.298. The van der Waals surface area contributed by atoms with Crippen LogP contribution in [-0.4, -0.2) is 0 Å². The minimum absolute atomic E-state index is 1.02. The van der Waals surface area contributed by atoms with E-state index in [2.05, 4.69) is 13.0 Å². The summed E-state index contributed by atoms with van der Waals surface area (Å²) < 4.78 is 0. The van der Waals surface area contributed by atoms with Crippen LogP contribution in [0.3, 0.4) is 0 Å². The van der Waals surface area contributed by atoms with Crippen molar-refractivity contribution in [3.63, 3.8) is 0 Å². The van der Waals surface area contributed by atoms with E-state index in [-0.39, 0.29) is 0 Å². The van der Waals surface area contributed by atoms with Gasteiger partial charge in [0.25, 0.3) is 0 Å². The van der Waals surface area contributed by atoms with E-state index < -0.39 is 0 Å². The molecular weight excluding hydrogens is 204 g/mol. The van der Waals surface area contributed by atoms with E-state index in [4.69, 9.17) is 0 Å². The molecule has 0 nitrogen and oxygen atoms in total. The van der Waals surface area contributed by atoms with Crippen LogP contribution in [0.4, 0.5) is 0 Å². The molecule has 4 rings (SSSR count). The van der Waals surface area contributed by atoms with Crippen LogP contribution >= 0.6 is 0 Å². The second-order valence-electron chi connectivity index (χ2n) is 7.35. The van der Waals surface area contributed by atoms with E-state index in [1.54, 1.807) is 51.4 Å². The highest BCUT2D eigenvalue weighted by Gasteiger charge is 2.47. The Hall–Kier alpha value is -0.260. The first kappa shape index (κ1) is 10.6. The molecule has 0 aliphatic heterocycles. The first-order valence-corrected chi connectivity index (χ1v) is 8.01. The number of hydrogen-bond acceptors (Lipinski definition) is 0. The van der Waals surface area contributed by atoms with Crippen LogP contribution in [-0.2, 0) is 0 Å². The molecule has 0 N–H and O–H groups in total. The zero-order chi connectivity index (χ0) is 11.4. The molecule has 6 atom stereocenters. The van der Waals surface area contributed by atoms with E-state index in [0.29, 0.717) is 0 Å². The first-order chi connectivity index (χ1) is 8.35. The van der Waals surface area contributed by atoms with Crippen molar-refractivity contribution in [2.75, 3.05) is 0 Å². The van der Waals surface area contributed by atoms with Gasteiger partial charge in [0.05, 0.1) is 0 Å². The van der Waals surface area contributed by atoms with Gasteiger partial charge in [0.1, 0.15) is 0 Å². The second-order valence-corrected chi connectivity index (χ2v) is 7.35. The van der Waals surface area contributed by atoms with Crippen molar-refractivity contribution < 1.29 is 0 Å². The molecule has 4 aliphatic rings. The quantitative estimate of drug-likeness (QED) is 0.597. The summed E-state index contributed by atoms with van der Waals surface area (Å²) in [7, 11) is 0. The Morgan fingerprint density at radius 1 is 0.765 bits per heavy atom. The van der Waals surface area contributed by atoms with E-state index in [1.807, 2.05) is 5.57 Å². The average Bonchev–Trinajstić information content (AvgIpc) is 3.10. The van der Waals surface area contributed by atoms with Crippen LogP contribution < -0.4 is 0 Å². The highest BCUT2D eigenvalue weighted by molar-refractivity contribution is 5.19. The minimum atomic E-state index is 1.02. The fraction of sp³-hybridized carbons (Fsp3) is 0.882. The monoisotopic (exact) mass is 230 g/mol. The summed E-state index contributed by atoms with van der Waals surface area (Å²) in [6.07, 6.45) is 15.0. The molecule has 4 bridgehead atoms. The fourth-order valence-corrected chi connectivity index (χ4v) is 6.01. The van der Waals surface area contributed by atoms with Crippen LogP contribution in [0.2, 0.25) is 0 Å². The number of hydrogen-bond donors (Lipinski definition) is 0. The van der Waals surface area contributed by atoms with E-state index >= 15 is 0 Å². The number of rotatable bonds is 2. The third-order valence-corrected chi connectivity index (χ3v) is 6.67. The molecule has 94 valence electrons. The van der Waals surface area contributed by atoms with Crippen LogP contribution in [0.15, 0.2) is 11.6 Å². The average molecular weight is 230 g/mol. The summed E-state index contributed by atoms with van der Waals surface area (Å²) in [5.41, 5.74) is 1.92. The molecule has 4 fully saturated rings. The molecule has 0 aromatic heterocycles. The standard InChI is InChI=1S/C17H26/c1-2-15(16-9-11-3-5-13(16)7-11)17-10-12-4-6-14(17)8-12/h2,11-14,16-17H,3-10H2,1H3/t11-,12-,13+,14+,16+,17+/m0/s1. The zero-order valence-corrected chi connectivity index (χ0v) is 11.2. The summed E-state index contributed by atoms with van der Waals surface area (Å²) >= 11 is 0. The van der Waals surface area contributed by atoms with Crippen molar-refractivity contribution >= 4 is 0 Å². The topological polar surface area (TPSA) is 0 Å². The van der Waals surface area contributed by atoms with Crippen LogP contribution in [0, 0.1) is 35.5 Å². The van der Waals surface area contributed by atoms with Crippen molar-refractivity contribution in [2.45, 2.75) is 58.3 Å². The van der Waals surface area contributed by atoms with Gasteiger partial charge in [-0.3, -0.25) is 0 Å². The Morgan fingerprint density at radius 2 is 1.29 bits per heavy atom. The summed E-state index contributed by atoms with van der Waals surface area (Å²) in [6, 6.07) is 0. The molecule has 0 aromatic carbocycles. The Kier molecular flexibility index (Phi) is 2.42. The molecule has 0 amide bonds. The molecule has 0 heteroatoms. The van der Waals surface area contributed by atoms with E-state index in [9.17, 15) is 0 Å². The summed E-state index contributed by atoms with van der Waals surface area (Å²) in [5, 5.41) is 0. The summed E-state index contributed by atoms with van der Waals surface area (Å²) in [4.78, 5) is 0. The predicted molar refractivity (Wildman–Crippen MR) is 71.6 cm³/mol. The molecule has 4 saturated carbocycles. The number of allylic oxidation sites excluding steroid dienone is 2. The lowest BCUT2D eigenvalue weighted by Gasteiger charge is -2.33. The normalized spacial score (nSPS) is 51.1. The van der Waals surface area contributed by atoms with Crippen molar-refractivity contribution in [3.05, 3.63) is 11.6 Å². The Bertz CT molecular complexity index is 310. The van der Waals surface area contributed by atoms with Crippen molar-refractivity contribution in [1.29, 1.82) is 0 Å². The van der Waals surface area contributed by atoms with Crippen molar-refractivity contribution in [3.8, 4) is 0 Å².